The Morgan fingerprint density at radius 2 is 2.12 bits per heavy atom. The van der Waals surface area contributed by atoms with Gasteiger partial charge in [-0.25, -0.2) is 0 Å². The predicted molar refractivity (Wildman–Crippen MR) is 64.7 cm³/mol. The van der Waals surface area contributed by atoms with Gasteiger partial charge in [-0.1, -0.05) is 12.1 Å². The highest BCUT2D eigenvalue weighted by Crippen LogP contribution is 2.16. The van der Waals surface area contributed by atoms with E-state index in [9.17, 15) is 9.59 Å². The summed E-state index contributed by atoms with van der Waals surface area (Å²) >= 11 is 0. The van der Waals surface area contributed by atoms with Crippen molar-refractivity contribution in [2.45, 2.75) is 0 Å². The highest BCUT2D eigenvalue weighted by Gasteiger charge is 2.11. The average molecular weight is 231 g/mol. The zero-order valence-electron chi connectivity index (χ0n) is 9.41. The number of nitrogens with one attached hydrogen (secondary N) is 3. The number of para-hydroxylation sites is 1. The van der Waals surface area contributed by atoms with Crippen LogP contribution in [-0.2, 0) is 4.79 Å². The van der Waals surface area contributed by atoms with Crippen LogP contribution in [0.1, 0.15) is 10.4 Å². The summed E-state index contributed by atoms with van der Waals surface area (Å²) in [7, 11) is 1.53. The van der Waals surface area contributed by atoms with Gasteiger partial charge < -0.3 is 15.6 Å². The summed E-state index contributed by atoms with van der Waals surface area (Å²) in [5.74, 6) is -0.487. The molecule has 5 heteroatoms. The van der Waals surface area contributed by atoms with Crippen molar-refractivity contribution >= 4 is 22.7 Å². The molecular formula is C12H13N3O2. The molecule has 2 rings (SSSR count). The Labute approximate surface area is 98.2 Å². The third-order valence-corrected chi connectivity index (χ3v) is 2.52. The molecule has 2 amide bonds. The molecule has 1 heterocycles. The van der Waals surface area contributed by atoms with E-state index in [1.54, 1.807) is 12.3 Å². The molecule has 0 aliphatic rings. The lowest BCUT2D eigenvalue weighted by Crippen LogP contribution is -2.35. The largest absolute Gasteiger partial charge is 0.361 e. The smallest absolute Gasteiger partial charge is 0.253 e. The summed E-state index contributed by atoms with van der Waals surface area (Å²) < 4.78 is 0. The van der Waals surface area contributed by atoms with E-state index in [4.69, 9.17) is 0 Å². The number of fused-ring (bicyclic) bond motifs is 1. The average Bonchev–Trinajstić information content (AvgIpc) is 2.83. The molecule has 1 aromatic heterocycles. The normalized spacial score (nSPS) is 10.2. The van der Waals surface area contributed by atoms with Crippen LogP contribution in [0.5, 0.6) is 0 Å². The summed E-state index contributed by atoms with van der Waals surface area (Å²) in [6, 6.07) is 7.34. The van der Waals surface area contributed by atoms with E-state index in [0.29, 0.717) is 5.56 Å². The summed E-state index contributed by atoms with van der Waals surface area (Å²) in [4.78, 5) is 25.9. The van der Waals surface area contributed by atoms with Gasteiger partial charge in [0.15, 0.2) is 0 Å². The first-order valence-corrected chi connectivity index (χ1v) is 5.27. The number of carbonyl (C=O) groups is 2. The van der Waals surface area contributed by atoms with Crippen molar-refractivity contribution in [2.24, 2.45) is 0 Å². The van der Waals surface area contributed by atoms with Crippen molar-refractivity contribution in [3.8, 4) is 0 Å². The van der Waals surface area contributed by atoms with Gasteiger partial charge in [0.1, 0.15) is 0 Å². The molecule has 0 atom stereocenters. The summed E-state index contributed by atoms with van der Waals surface area (Å²) in [5, 5.41) is 5.97. The molecule has 88 valence electrons. The number of amides is 2. The minimum Gasteiger partial charge on any atom is -0.361 e. The van der Waals surface area contributed by atoms with Gasteiger partial charge in [0.25, 0.3) is 5.91 Å². The van der Waals surface area contributed by atoms with Gasteiger partial charge in [0.2, 0.25) is 5.91 Å². The van der Waals surface area contributed by atoms with Crippen LogP contribution in [0, 0.1) is 0 Å². The van der Waals surface area contributed by atoms with Crippen LogP contribution in [0.2, 0.25) is 0 Å². The maximum absolute atomic E-state index is 11.9. The molecule has 0 unspecified atom stereocenters. The highest BCUT2D eigenvalue weighted by molar-refractivity contribution is 6.06. The number of likely N-dealkylation sites (N-methyl/N-ethyl adjacent to an activating group) is 1. The maximum Gasteiger partial charge on any atom is 0.253 e. The number of hydrogen-bond donors (Lipinski definition) is 3. The number of aromatic amines is 1. The number of carbonyl (C=O) groups excluding carboxylic acids is 2. The molecule has 0 radical (unpaired) electrons. The first kappa shape index (κ1) is 11.2. The third kappa shape index (κ3) is 2.28. The van der Waals surface area contributed by atoms with Crippen molar-refractivity contribution in [1.29, 1.82) is 0 Å². The lowest BCUT2D eigenvalue weighted by Gasteiger charge is -2.05. The van der Waals surface area contributed by atoms with Gasteiger partial charge >= 0.3 is 0 Å². The summed E-state index contributed by atoms with van der Waals surface area (Å²) in [5.41, 5.74) is 1.32. The van der Waals surface area contributed by atoms with Gasteiger partial charge in [-0.2, -0.15) is 0 Å². The second-order valence-electron chi connectivity index (χ2n) is 3.60. The van der Waals surface area contributed by atoms with Crippen molar-refractivity contribution in [2.75, 3.05) is 13.6 Å². The second-order valence-corrected chi connectivity index (χ2v) is 3.60. The lowest BCUT2D eigenvalue weighted by molar-refractivity contribution is -0.119. The van der Waals surface area contributed by atoms with E-state index in [1.165, 1.54) is 7.05 Å². The monoisotopic (exact) mass is 231 g/mol. The highest BCUT2D eigenvalue weighted by atomic mass is 16.2. The van der Waals surface area contributed by atoms with E-state index in [1.807, 2.05) is 18.2 Å². The Hall–Kier alpha value is -2.30. The molecule has 0 saturated heterocycles. The predicted octanol–water partition coefficient (Wildman–Crippen LogP) is 0.644. The number of H-pyrrole nitrogens is 1. The zero-order valence-corrected chi connectivity index (χ0v) is 9.41. The van der Waals surface area contributed by atoms with Crippen LogP contribution in [-0.4, -0.2) is 30.4 Å². The molecule has 0 aliphatic heterocycles. The van der Waals surface area contributed by atoms with Crippen molar-refractivity contribution in [1.82, 2.24) is 15.6 Å². The van der Waals surface area contributed by atoms with Crippen LogP contribution in [0.15, 0.2) is 30.5 Å². The maximum atomic E-state index is 11.9. The summed E-state index contributed by atoms with van der Waals surface area (Å²) in [6.45, 7) is -0.0214. The van der Waals surface area contributed by atoms with Gasteiger partial charge in [0.05, 0.1) is 17.6 Å². The standard InChI is InChI=1S/C12H13N3O2/c1-13-10(16)7-15-12(17)9-4-2-3-8-5-6-14-11(8)9/h2-6,14H,7H2,1H3,(H,13,16)(H,15,17). The summed E-state index contributed by atoms with van der Waals surface area (Å²) in [6.07, 6.45) is 1.78. The Bertz CT molecular complexity index is 560. The molecule has 2 aromatic rings. The quantitative estimate of drug-likeness (QED) is 0.725. The van der Waals surface area contributed by atoms with Crippen LogP contribution >= 0.6 is 0 Å². The van der Waals surface area contributed by atoms with Crippen molar-refractivity contribution in [3.63, 3.8) is 0 Å². The van der Waals surface area contributed by atoms with Gasteiger partial charge in [0, 0.05) is 18.6 Å². The topological polar surface area (TPSA) is 74.0 Å². The van der Waals surface area contributed by atoms with Gasteiger partial charge in [-0.3, -0.25) is 9.59 Å². The Balaban J connectivity index is 2.19. The zero-order chi connectivity index (χ0) is 12.3. The molecular weight excluding hydrogens is 218 g/mol. The fourth-order valence-electron chi connectivity index (χ4n) is 1.62. The van der Waals surface area contributed by atoms with Gasteiger partial charge in [-0.05, 0) is 12.1 Å². The lowest BCUT2D eigenvalue weighted by atomic mass is 10.1. The number of rotatable bonds is 3. The fourth-order valence-corrected chi connectivity index (χ4v) is 1.62. The van der Waals surface area contributed by atoms with Crippen LogP contribution in [0.25, 0.3) is 10.9 Å². The SMILES string of the molecule is CNC(=O)CNC(=O)c1cccc2cc[nH]c12. The fraction of sp³-hybridized carbons (Fsp3) is 0.167. The molecule has 0 bridgehead atoms. The van der Waals surface area contributed by atoms with E-state index < -0.39 is 0 Å². The van der Waals surface area contributed by atoms with Crippen LogP contribution in [0.4, 0.5) is 0 Å². The third-order valence-electron chi connectivity index (χ3n) is 2.52. The number of benzene rings is 1. The minimum atomic E-state index is -0.262. The molecule has 5 nitrogen and oxygen atoms in total. The van der Waals surface area contributed by atoms with E-state index in [2.05, 4.69) is 15.6 Å². The first-order valence-electron chi connectivity index (χ1n) is 5.27. The molecule has 1 aromatic carbocycles. The van der Waals surface area contributed by atoms with E-state index in [-0.39, 0.29) is 18.4 Å². The molecule has 0 saturated carbocycles. The Morgan fingerprint density at radius 1 is 1.29 bits per heavy atom. The Morgan fingerprint density at radius 3 is 2.88 bits per heavy atom. The van der Waals surface area contributed by atoms with Crippen LogP contribution < -0.4 is 10.6 Å². The van der Waals surface area contributed by atoms with Crippen LogP contribution in [0.3, 0.4) is 0 Å². The van der Waals surface area contributed by atoms with Crippen molar-refractivity contribution < 1.29 is 9.59 Å². The molecule has 3 N–H and O–H groups in total. The first-order chi connectivity index (χ1) is 8.22. The van der Waals surface area contributed by atoms with E-state index in [0.717, 1.165) is 10.9 Å². The number of hydrogen-bond acceptors (Lipinski definition) is 2. The van der Waals surface area contributed by atoms with E-state index >= 15 is 0 Å². The molecule has 17 heavy (non-hydrogen) atoms. The number of aromatic nitrogens is 1. The van der Waals surface area contributed by atoms with Crippen molar-refractivity contribution in [3.05, 3.63) is 36.0 Å². The molecule has 0 fully saturated rings. The minimum absolute atomic E-state index is 0.0214. The molecule has 0 spiro atoms. The van der Waals surface area contributed by atoms with Gasteiger partial charge in [-0.15, -0.1) is 0 Å². The molecule has 0 aliphatic carbocycles. The second kappa shape index (κ2) is 4.69. The Kier molecular flexibility index (Phi) is 3.09.